The molecule has 0 aliphatic carbocycles. The fourth-order valence-electron chi connectivity index (χ4n) is 3.18. The minimum Gasteiger partial charge on any atom is -0.457 e. The van der Waals surface area contributed by atoms with E-state index < -0.39 is 0 Å². The predicted molar refractivity (Wildman–Crippen MR) is 115 cm³/mol. The first-order valence-electron chi connectivity index (χ1n) is 9.21. The molecule has 140 valence electrons. The normalized spacial score (nSPS) is 11.4. The van der Waals surface area contributed by atoms with Crippen molar-refractivity contribution < 1.29 is 4.74 Å². The highest BCUT2D eigenvalue weighted by Crippen LogP contribution is 2.33. The third-order valence-corrected chi connectivity index (χ3v) is 5.58. The number of para-hydroxylation sites is 1. The molecule has 3 aromatic carbocycles. The Morgan fingerprint density at radius 2 is 1.52 bits per heavy atom. The predicted octanol–water partition coefficient (Wildman–Crippen LogP) is 8.09. The van der Waals surface area contributed by atoms with Crippen molar-refractivity contribution in [2.45, 2.75) is 38.5 Å². The third-order valence-electron chi connectivity index (χ3n) is 4.85. The van der Waals surface area contributed by atoms with Gasteiger partial charge in [0.1, 0.15) is 11.5 Å². The Bertz CT molecular complexity index is 888. The van der Waals surface area contributed by atoms with Gasteiger partial charge in [0.15, 0.2) is 0 Å². The molecule has 3 aromatic rings. The molecule has 3 heteroatoms. The molecule has 3 rings (SSSR count). The van der Waals surface area contributed by atoms with Crippen LogP contribution in [-0.4, -0.2) is 0 Å². The summed E-state index contributed by atoms with van der Waals surface area (Å²) in [4.78, 5) is 0. The van der Waals surface area contributed by atoms with E-state index in [-0.39, 0.29) is 5.41 Å². The van der Waals surface area contributed by atoms with E-state index in [0.29, 0.717) is 10.0 Å². The van der Waals surface area contributed by atoms with Crippen LogP contribution < -0.4 is 4.74 Å². The summed E-state index contributed by atoms with van der Waals surface area (Å²) < 4.78 is 5.93. The van der Waals surface area contributed by atoms with Gasteiger partial charge in [-0.05, 0) is 72.2 Å². The smallest absolute Gasteiger partial charge is 0.127 e. The van der Waals surface area contributed by atoms with Gasteiger partial charge < -0.3 is 4.74 Å². The fourth-order valence-corrected chi connectivity index (χ4v) is 3.48. The van der Waals surface area contributed by atoms with Gasteiger partial charge in [0.05, 0.1) is 10.0 Å². The number of hydrogen-bond acceptors (Lipinski definition) is 1. The maximum absolute atomic E-state index is 6.19. The molecule has 1 nitrogen and oxygen atoms in total. The first-order chi connectivity index (χ1) is 12.9. The van der Waals surface area contributed by atoms with Crippen LogP contribution in [0.1, 0.15) is 37.8 Å². The summed E-state index contributed by atoms with van der Waals surface area (Å²) in [5.41, 5.74) is 2.55. The summed E-state index contributed by atoms with van der Waals surface area (Å²) in [5.74, 6) is 1.73. The minimum absolute atomic E-state index is 0.0480. The van der Waals surface area contributed by atoms with Crippen LogP contribution >= 0.6 is 23.2 Å². The minimum atomic E-state index is 0.0480. The maximum Gasteiger partial charge on any atom is 0.127 e. The molecule has 0 saturated carbocycles. The lowest BCUT2D eigenvalue weighted by molar-refractivity contribution is 0.460. The molecule has 0 atom stereocenters. The monoisotopic (exact) mass is 398 g/mol. The molecule has 0 amide bonds. The molecule has 0 radical (unpaired) electrons. The molecule has 27 heavy (non-hydrogen) atoms. The van der Waals surface area contributed by atoms with Gasteiger partial charge in [-0.25, -0.2) is 0 Å². The zero-order valence-corrected chi connectivity index (χ0v) is 17.2. The lowest BCUT2D eigenvalue weighted by atomic mass is 9.80. The van der Waals surface area contributed by atoms with Gasteiger partial charge in [0, 0.05) is 0 Å². The average Bonchev–Trinajstić information content (AvgIpc) is 2.65. The lowest BCUT2D eigenvalue weighted by Gasteiger charge is -2.26. The van der Waals surface area contributed by atoms with Crippen LogP contribution in [0.25, 0.3) is 0 Å². The van der Waals surface area contributed by atoms with Gasteiger partial charge in [0.25, 0.3) is 0 Å². The van der Waals surface area contributed by atoms with Crippen LogP contribution in [0, 0.1) is 0 Å². The highest BCUT2D eigenvalue weighted by Gasteiger charge is 2.21. The van der Waals surface area contributed by atoms with E-state index in [1.165, 1.54) is 11.1 Å². The van der Waals surface area contributed by atoms with Crippen molar-refractivity contribution in [3.05, 3.63) is 94.0 Å². The number of rotatable bonds is 7. The van der Waals surface area contributed by atoms with E-state index in [1.54, 1.807) is 0 Å². The SMILES string of the molecule is CC(C)(CCCc1cccc(Oc2ccccc2)c1)c1ccc(Cl)c(Cl)c1. The number of halogens is 2. The summed E-state index contributed by atoms with van der Waals surface area (Å²) in [6, 6.07) is 24.1. The van der Waals surface area contributed by atoms with Crippen molar-refractivity contribution in [2.24, 2.45) is 0 Å². The van der Waals surface area contributed by atoms with Gasteiger partial charge in [-0.15, -0.1) is 0 Å². The van der Waals surface area contributed by atoms with Crippen LogP contribution in [0.5, 0.6) is 11.5 Å². The average molecular weight is 399 g/mol. The molecule has 0 spiro atoms. The van der Waals surface area contributed by atoms with E-state index in [2.05, 4.69) is 38.1 Å². The van der Waals surface area contributed by atoms with E-state index in [9.17, 15) is 0 Å². The quantitative estimate of drug-likeness (QED) is 0.390. The highest BCUT2D eigenvalue weighted by atomic mass is 35.5. The Labute approximate surface area is 171 Å². The number of benzene rings is 3. The Hall–Kier alpha value is -1.96. The second-order valence-corrected chi connectivity index (χ2v) is 8.24. The molecule has 0 bridgehead atoms. The maximum atomic E-state index is 6.19. The summed E-state index contributed by atoms with van der Waals surface area (Å²) >= 11 is 12.2. The molecule has 0 aliphatic heterocycles. The summed E-state index contributed by atoms with van der Waals surface area (Å²) in [6.45, 7) is 4.50. The molecule has 0 saturated heterocycles. The van der Waals surface area contributed by atoms with E-state index >= 15 is 0 Å². The molecule has 0 fully saturated rings. The van der Waals surface area contributed by atoms with E-state index in [0.717, 1.165) is 30.8 Å². The van der Waals surface area contributed by atoms with Crippen molar-refractivity contribution in [3.8, 4) is 11.5 Å². The second kappa shape index (κ2) is 8.82. The van der Waals surface area contributed by atoms with Crippen molar-refractivity contribution in [1.29, 1.82) is 0 Å². The van der Waals surface area contributed by atoms with Crippen LogP contribution in [-0.2, 0) is 11.8 Å². The first kappa shape index (κ1) is 19.8. The van der Waals surface area contributed by atoms with Crippen LogP contribution in [0.15, 0.2) is 72.8 Å². The summed E-state index contributed by atoms with van der Waals surface area (Å²) in [5, 5.41) is 1.22. The Morgan fingerprint density at radius 1 is 0.778 bits per heavy atom. The van der Waals surface area contributed by atoms with E-state index in [1.807, 2.05) is 48.5 Å². The summed E-state index contributed by atoms with van der Waals surface area (Å²) in [6.07, 6.45) is 3.16. The topological polar surface area (TPSA) is 9.23 Å². The lowest BCUT2D eigenvalue weighted by Crippen LogP contribution is -2.17. The Morgan fingerprint density at radius 3 is 2.26 bits per heavy atom. The van der Waals surface area contributed by atoms with Crippen molar-refractivity contribution >= 4 is 23.2 Å². The second-order valence-electron chi connectivity index (χ2n) is 7.43. The van der Waals surface area contributed by atoms with Crippen molar-refractivity contribution in [3.63, 3.8) is 0 Å². The van der Waals surface area contributed by atoms with Crippen LogP contribution in [0.4, 0.5) is 0 Å². The third kappa shape index (κ3) is 5.51. The zero-order chi connectivity index (χ0) is 19.3. The fraction of sp³-hybridized carbons (Fsp3) is 0.250. The van der Waals surface area contributed by atoms with Crippen LogP contribution in [0.3, 0.4) is 0 Å². The van der Waals surface area contributed by atoms with Gasteiger partial charge in [0.2, 0.25) is 0 Å². The Balaban J connectivity index is 1.59. The molecular formula is C24H24Cl2O. The first-order valence-corrected chi connectivity index (χ1v) is 9.97. The van der Waals surface area contributed by atoms with E-state index in [4.69, 9.17) is 27.9 Å². The molecule has 0 aliphatic rings. The molecule has 0 heterocycles. The van der Waals surface area contributed by atoms with Gasteiger partial charge in [-0.3, -0.25) is 0 Å². The number of ether oxygens (including phenoxy) is 1. The Kier molecular flexibility index (Phi) is 6.46. The summed E-state index contributed by atoms with van der Waals surface area (Å²) in [7, 11) is 0. The number of aryl methyl sites for hydroxylation is 1. The largest absolute Gasteiger partial charge is 0.457 e. The van der Waals surface area contributed by atoms with Gasteiger partial charge in [-0.2, -0.15) is 0 Å². The zero-order valence-electron chi connectivity index (χ0n) is 15.7. The molecule has 0 unspecified atom stereocenters. The van der Waals surface area contributed by atoms with Gasteiger partial charge in [-0.1, -0.05) is 73.4 Å². The molecule has 0 N–H and O–H groups in total. The standard InChI is InChI=1S/C24H24Cl2O/c1-24(2,19-13-14-22(25)23(26)17-19)15-7-9-18-8-6-12-21(16-18)27-20-10-4-3-5-11-20/h3-6,8,10-14,16-17H,7,9,15H2,1-2H3. The highest BCUT2D eigenvalue weighted by molar-refractivity contribution is 6.42. The van der Waals surface area contributed by atoms with Crippen molar-refractivity contribution in [2.75, 3.05) is 0 Å². The number of hydrogen-bond donors (Lipinski definition) is 0. The van der Waals surface area contributed by atoms with Crippen molar-refractivity contribution in [1.82, 2.24) is 0 Å². The molecular weight excluding hydrogens is 375 g/mol. The van der Waals surface area contributed by atoms with Gasteiger partial charge >= 0.3 is 0 Å². The van der Waals surface area contributed by atoms with Crippen LogP contribution in [0.2, 0.25) is 10.0 Å². The molecule has 0 aromatic heterocycles.